The van der Waals surface area contributed by atoms with E-state index in [1.54, 1.807) is 90.2 Å². The molecule has 376 valence electrons. The van der Waals surface area contributed by atoms with Gasteiger partial charge in [0.25, 0.3) is 5.91 Å². The molecule has 15 nitrogen and oxygen atoms in total. The molecule has 0 saturated carbocycles. The highest BCUT2D eigenvalue weighted by Gasteiger charge is 2.44. The lowest BCUT2D eigenvalue weighted by molar-refractivity contribution is -0.144. The van der Waals surface area contributed by atoms with Gasteiger partial charge in [-0.15, -0.1) is 22.7 Å². The van der Waals surface area contributed by atoms with E-state index in [-0.39, 0.29) is 72.3 Å². The molecule has 6 N–H and O–H groups in total. The van der Waals surface area contributed by atoms with E-state index in [1.165, 1.54) is 34.6 Å². The Bertz CT molecular complexity index is 3180. The van der Waals surface area contributed by atoms with Gasteiger partial charge in [-0.25, -0.2) is 10.4 Å². The number of thiophene rings is 1. The zero-order valence-corrected chi connectivity index (χ0v) is 42.6. The molecule has 0 aliphatic carbocycles. The number of rotatable bonds is 17. The summed E-state index contributed by atoms with van der Waals surface area (Å²) in [7, 11) is 0. The van der Waals surface area contributed by atoms with Crippen LogP contribution in [0.25, 0.3) is 31.0 Å². The maximum Gasteiger partial charge on any atom is 0.271 e. The SMILES string of the molecule is Cc1ncsc1-c1ccc([C@H](C)NC(=O)[C@@H]2C[C@@H](O)CN2C(=O)[C@@H](NC(=O)CCCOc2ccc(/C=N/NC(=O)c3cccc(C(=O)c4c(-c5ccc(O)cc5)sc5cc(O)ccc45)c3)cc2)C(C)(C)C)cc1. The van der Waals surface area contributed by atoms with Crippen LogP contribution in [0.2, 0.25) is 0 Å². The summed E-state index contributed by atoms with van der Waals surface area (Å²) in [5.74, 6) is -1.31. The Labute approximate surface area is 430 Å². The molecule has 0 spiro atoms. The monoisotopic (exact) mass is 1020 g/mol. The first-order valence-electron chi connectivity index (χ1n) is 23.8. The number of carbonyl (C=O) groups excluding carboxylic acids is 5. The number of β-amino-alcohol motifs (C(OH)–C–C–N with tert-alkyl or cyclic N) is 1. The van der Waals surface area contributed by atoms with E-state index in [4.69, 9.17) is 4.74 Å². The summed E-state index contributed by atoms with van der Waals surface area (Å²) in [4.78, 5) is 75.9. The first kappa shape index (κ1) is 51.6. The van der Waals surface area contributed by atoms with E-state index in [1.807, 2.05) is 64.4 Å². The predicted octanol–water partition coefficient (Wildman–Crippen LogP) is 8.94. The summed E-state index contributed by atoms with van der Waals surface area (Å²) in [6.45, 7) is 9.53. The smallest absolute Gasteiger partial charge is 0.271 e. The highest BCUT2D eigenvalue weighted by Crippen LogP contribution is 2.42. The molecule has 1 saturated heterocycles. The number of aromatic hydroxyl groups is 2. The number of likely N-dealkylation sites (tertiary alicyclic amines) is 1. The predicted molar refractivity (Wildman–Crippen MR) is 283 cm³/mol. The average molecular weight is 1020 g/mol. The third-order valence-corrected chi connectivity index (χ3v) is 14.7. The van der Waals surface area contributed by atoms with Gasteiger partial charge in [0.05, 0.1) is 41.0 Å². The van der Waals surface area contributed by atoms with Crippen molar-refractivity contribution in [3.05, 3.63) is 154 Å². The third kappa shape index (κ3) is 12.3. The van der Waals surface area contributed by atoms with Crippen LogP contribution < -0.4 is 20.8 Å². The van der Waals surface area contributed by atoms with Gasteiger partial charge in [-0.1, -0.05) is 57.2 Å². The minimum absolute atomic E-state index is 0.0311. The second kappa shape index (κ2) is 22.4. The second-order valence-corrected chi connectivity index (χ2v) is 21.0. The topological polar surface area (TPSA) is 220 Å². The Morgan fingerprint density at radius 3 is 2.25 bits per heavy atom. The van der Waals surface area contributed by atoms with Crippen molar-refractivity contribution >= 4 is 68.4 Å². The molecule has 0 bridgehead atoms. The van der Waals surface area contributed by atoms with E-state index in [2.05, 4.69) is 26.1 Å². The minimum atomic E-state index is -0.961. The molecule has 1 aliphatic rings. The standard InChI is InChI=1S/C56H56N6O9S2/c1-32(35-13-15-36(16-14-35)50-33(2)57-31-72-50)59-54(69)45-27-42(65)30-62(45)55(70)52(56(3,4)5)60-47(66)10-7-25-71-43-22-11-34(12-23-43)29-58-61-53(68)39-9-6-8-38(26-39)49(67)48-44-24-21-41(64)28-46(44)73-51(48)37-17-19-40(63)20-18-37/h6,8-9,11-24,26,28-29,31-32,42,45,52,63-65H,7,10,25,27,30H2,1-5H3,(H,59,69)(H,60,66)(H,61,68)/b58-29+/t32-,42+,45-,52+/m0/s1. The number of nitrogens with one attached hydrogen (secondary N) is 3. The zero-order valence-electron chi connectivity index (χ0n) is 40.9. The minimum Gasteiger partial charge on any atom is -0.508 e. The molecule has 7 aromatic rings. The normalized spacial score (nSPS) is 15.5. The number of phenolic OH excluding ortho intramolecular Hbond substituents is 2. The molecule has 2 aromatic heterocycles. The molecule has 4 amide bonds. The first-order chi connectivity index (χ1) is 34.9. The quantitative estimate of drug-likeness (QED) is 0.0220. The Hall–Kier alpha value is -7.73. The zero-order chi connectivity index (χ0) is 52.0. The molecule has 1 aliphatic heterocycles. The van der Waals surface area contributed by atoms with Crippen LogP contribution in [0.15, 0.2) is 126 Å². The Kier molecular flexibility index (Phi) is 15.8. The maximum absolute atomic E-state index is 14.1. The Balaban J connectivity index is 0.804. The van der Waals surface area contributed by atoms with Crippen molar-refractivity contribution in [2.75, 3.05) is 13.2 Å². The largest absolute Gasteiger partial charge is 0.508 e. The van der Waals surface area contributed by atoms with E-state index < -0.39 is 35.4 Å². The van der Waals surface area contributed by atoms with Gasteiger partial charge >= 0.3 is 0 Å². The first-order valence-corrected chi connectivity index (χ1v) is 25.5. The number of benzene rings is 5. The summed E-state index contributed by atoms with van der Waals surface area (Å²) < 4.78 is 6.60. The molecule has 8 rings (SSSR count). The molecular formula is C56H56N6O9S2. The number of hydrazone groups is 1. The van der Waals surface area contributed by atoms with Crippen molar-refractivity contribution in [1.29, 1.82) is 0 Å². The number of fused-ring (bicyclic) bond motifs is 1. The fraction of sp³-hybridized carbons (Fsp3) is 0.268. The summed E-state index contributed by atoms with van der Waals surface area (Å²) in [5.41, 5.74) is 8.80. The number of thiazole rings is 1. The highest BCUT2D eigenvalue weighted by atomic mass is 32.1. The molecule has 4 atom stereocenters. The molecule has 3 heterocycles. The Morgan fingerprint density at radius 1 is 0.863 bits per heavy atom. The summed E-state index contributed by atoms with van der Waals surface area (Å²) in [5, 5.41) is 41.3. The van der Waals surface area contributed by atoms with Crippen LogP contribution in [0, 0.1) is 12.3 Å². The number of aliphatic hydroxyl groups is 1. The lowest BCUT2D eigenvalue weighted by Gasteiger charge is -2.35. The fourth-order valence-corrected chi connectivity index (χ4v) is 10.7. The number of ketones is 1. The average Bonchev–Trinajstić information content (AvgIpc) is 4.10. The van der Waals surface area contributed by atoms with Gasteiger partial charge in [0.15, 0.2) is 5.78 Å². The number of amides is 4. The number of hydrogen-bond donors (Lipinski definition) is 6. The number of aromatic nitrogens is 1. The van der Waals surface area contributed by atoms with Crippen LogP contribution in [0.4, 0.5) is 0 Å². The van der Waals surface area contributed by atoms with Crippen molar-refractivity contribution in [3.8, 4) is 38.1 Å². The van der Waals surface area contributed by atoms with Gasteiger partial charge < -0.3 is 35.6 Å². The number of aliphatic hydroxyl groups excluding tert-OH is 1. The van der Waals surface area contributed by atoms with E-state index in [9.17, 15) is 39.3 Å². The number of ether oxygens (including phenoxy) is 1. The molecule has 0 radical (unpaired) electrons. The summed E-state index contributed by atoms with van der Waals surface area (Å²) in [6.07, 6.45) is 1.07. The van der Waals surface area contributed by atoms with Crippen molar-refractivity contribution in [2.24, 2.45) is 10.5 Å². The summed E-state index contributed by atoms with van der Waals surface area (Å²) >= 11 is 2.91. The van der Waals surface area contributed by atoms with Gasteiger partial charge in [-0.05, 0) is 127 Å². The van der Waals surface area contributed by atoms with Crippen molar-refractivity contribution < 1.29 is 44.0 Å². The number of nitrogens with zero attached hydrogens (tertiary/aromatic N) is 3. The lowest BCUT2D eigenvalue weighted by Crippen LogP contribution is -2.57. The number of aryl methyl sites for hydroxylation is 1. The van der Waals surface area contributed by atoms with E-state index in [0.717, 1.165) is 27.3 Å². The van der Waals surface area contributed by atoms with Crippen LogP contribution in [0.5, 0.6) is 17.2 Å². The number of carbonyl (C=O) groups is 5. The van der Waals surface area contributed by atoms with Crippen LogP contribution in [-0.4, -0.2) is 92.2 Å². The van der Waals surface area contributed by atoms with Crippen molar-refractivity contribution in [2.45, 2.75) is 78.1 Å². The molecule has 5 aromatic carbocycles. The highest BCUT2D eigenvalue weighted by molar-refractivity contribution is 7.22. The second-order valence-electron chi connectivity index (χ2n) is 19.0. The molecule has 73 heavy (non-hydrogen) atoms. The molecule has 0 unspecified atom stereocenters. The molecule has 1 fully saturated rings. The maximum atomic E-state index is 14.1. The van der Waals surface area contributed by atoms with E-state index in [0.29, 0.717) is 38.3 Å². The van der Waals surface area contributed by atoms with Crippen LogP contribution in [-0.2, 0) is 14.4 Å². The van der Waals surface area contributed by atoms with E-state index >= 15 is 0 Å². The summed E-state index contributed by atoms with van der Waals surface area (Å²) in [6, 6.07) is 30.3. The fourth-order valence-electron chi connectivity index (χ4n) is 8.62. The van der Waals surface area contributed by atoms with Gasteiger partial charge in [-0.3, -0.25) is 24.0 Å². The van der Waals surface area contributed by atoms with Gasteiger partial charge in [0, 0.05) is 51.0 Å². The van der Waals surface area contributed by atoms with Gasteiger partial charge in [0.1, 0.15) is 29.3 Å². The van der Waals surface area contributed by atoms with Crippen LogP contribution in [0.1, 0.15) is 96.1 Å². The van der Waals surface area contributed by atoms with Crippen molar-refractivity contribution in [3.63, 3.8) is 0 Å². The lowest BCUT2D eigenvalue weighted by atomic mass is 9.85. The van der Waals surface area contributed by atoms with Crippen LogP contribution >= 0.6 is 22.7 Å². The number of hydrogen-bond acceptors (Lipinski definition) is 13. The Morgan fingerprint density at radius 2 is 1.55 bits per heavy atom. The number of phenols is 2. The van der Waals surface area contributed by atoms with Gasteiger partial charge in [-0.2, -0.15) is 5.10 Å². The molecular weight excluding hydrogens is 965 g/mol. The van der Waals surface area contributed by atoms with Gasteiger partial charge in [0.2, 0.25) is 17.7 Å². The third-order valence-electron chi connectivity index (χ3n) is 12.6. The van der Waals surface area contributed by atoms with Crippen LogP contribution in [0.3, 0.4) is 0 Å². The van der Waals surface area contributed by atoms with Crippen molar-refractivity contribution in [1.82, 2.24) is 25.9 Å². The molecule has 17 heteroatoms.